The molecule has 12 nitrogen and oxygen atoms in total. The summed E-state index contributed by atoms with van der Waals surface area (Å²) in [5.41, 5.74) is 2.87. The molecule has 7 rings (SSSR count). The molecule has 4 heterocycles. The van der Waals surface area contributed by atoms with Gasteiger partial charge < -0.3 is 25.6 Å². The molecule has 15 heteroatoms. The van der Waals surface area contributed by atoms with Crippen LogP contribution in [-0.2, 0) is 22.3 Å². The van der Waals surface area contributed by atoms with Gasteiger partial charge in [-0.05, 0) is 54.7 Å². The molecule has 3 amide bonds. The molecule has 3 saturated heterocycles. The lowest BCUT2D eigenvalue weighted by Gasteiger charge is -2.43. The number of nitrogens with one attached hydrogen (secondary N) is 4. The van der Waals surface area contributed by atoms with E-state index in [1.807, 2.05) is 30.3 Å². The number of benzene rings is 3. The van der Waals surface area contributed by atoms with Crippen LogP contribution in [0.25, 0.3) is 0 Å². The van der Waals surface area contributed by atoms with Crippen LogP contribution >= 0.6 is 0 Å². The third kappa shape index (κ3) is 9.32. The standard InChI is InChI=1S/C42H47F3N8O4/c1-46-40(55)32-8-3-4-9-34(32)48-36-24-38(47-25-33(36)42(43,44)45)49-35-12-10-30(23-37(35)57-2)52-16-14-29(15-17-52)53-20-18-51(19-21-53)26-27-6-5-7-28(22-27)31-11-13-39(54)50-41(31)56/h3-10,12,22-25,29,31H,11,13-21,26H2,1-2H3,(H,46,55)(H2,47,48,49)(H,50,54,56). The zero-order valence-corrected chi connectivity index (χ0v) is 32.0. The zero-order chi connectivity index (χ0) is 40.1. The minimum absolute atomic E-state index is 0.163. The molecule has 3 aliphatic heterocycles. The van der Waals surface area contributed by atoms with Gasteiger partial charge in [-0.3, -0.25) is 29.5 Å². The molecule has 4 aromatic rings. The van der Waals surface area contributed by atoms with Crippen LogP contribution in [0.5, 0.6) is 5.75 Å². The van der Waals surface area contributed by atoms with Gasteiger partial charge in [0, 0.05) is 89.3 Å². The number of piperidine rings is 2. The number of carbonyl (C=O) groups excluding carboxylic acids is 3. The Hall–Kier alpha value is -5.67. The van der Waals surface area contributed by atoms with Crippen molar-refractivity contribution in [1.82, 2.24) is 25.4 Å². The predicted octanol–water partition coefficient (Wildman–Crippen LogP) is 6.26. The third-order valence-electron chi connectivity index (χ3n) is 11.1. The molecular formula is C42H47F3N8O4. The Morgan fingerprint density at radius 3 is 2.37 bits per heavy atom. The number of rotatable bonds is 11. The van der Waals surface area contributed by atoms with Crippen molar-refractivity contribution in [1.29, 1.82) is 0 Å². The molecule has 3 aliphatic rings. The lowest BCUT2D eigenvalue weighted by Crippen LogP contribution is -2.53. The fraction of sp³-hybridized carbons (Fsp3) is 0.381. The molecule has 3 aromatic carbocycles. The second-order valence-corrected chi connectivity index (χ2v) is 14.7. The summed E-state index contributed by atoms with van der Waals surface area (Å²) < 4.78 is 47.9. The van der Waals surface area contributed by atoms with E-state index in [0.29, 0.717) is 30.3 Å². The number of hydrogen-bond acceptors (Lipinski definition) is 10. The van der Waals surface area contributed by atoms with Crippen LogP contribution in [0.2, 0.25) is 0 Å². The van der Waals surface area contributed by atoms with Gasteiger partial charge in [-0.2, -0.15) is 13.2 Å². The van der Waals surface area contributed by atoms with E-state index in [-0.39, 0.29) is 40.5 Å². The maximum atomic E-state index is 14.0. The minimum atomic E-state index is -4.69. The number of para-hydroxylation sites is 1. The van der Waals surface area contributed by atoms with Crippen molar-refractivity contribution in [2.75, 3.05) is 69.0 Å². The van der Waals surface area contributed by atoms with Crippen LogP contribution in [0.1, 0.15) is 58.6 Å². The van der Waals surface area contributed by atoms with Gasteiger partial charge in [0.25, 0.3) is 5.91 Å². The van der Waals surface area contributed by atoms with E-state index in [1.54, 1.807) is 25.3 Å². The van der Waals surface area contributed by atoms with Crippen molar-refractivity contribution in [3.63, 3.8) is 0 Å². The molecule has 300 valence electrons. The third-order valence-corrected chi connectivity index (χ3v) is 11.1. The van der Waals surface area contributed by atoms with Gasteiger partial charge in [-0.1, -0.05) is 36.4 Å². The Kier molecular flexibility index (Phi) is 12.0. The van der Waals surface area contributed by atoms with E-state index < -0.39 is 17.6 Å². The Bertz CT molecular complexity index is 2100. The molecule has 0 saturated carbocycles. The number of nitrogens with zero attached hydrogens (tertiary/aromatic N) is 4. The van der Waals surface area contributed by atoms with E-state index in [1.165, 1.54) is 24.7 Å². The van der Waals surface area contributed by atoms with Gasteiger partial charge in [-0.15, -0.1) is 0 Å². The summed E-state index contributed by atoms with van der Waals surface area (Å²) in [7, 11) is 3.01. The first-order valence-corrected chi connectivity index (χ1v) is 19.2. The number of alkyl halides is 3. The number of carbonyl (C=O) groups is 3. The fourth-order valence-corrected chi connectivity index (χ4v) is 7.99. The SMILES string of the molecule is CNC(=O)c1ccccc1Nc1cc(Nc2ccc(N3CCC(N4CCN(Cc5cccc(C6CCC(=O)NC6=O)c5)CC4)CC3)cc2OC)ncc1C(F)(F)F. The number of halogens is 3. The van der Waals surface area contributed by atoms with E-state index in [9.17, 15) is 27.6 Å². The van der Waals surface area contributed by atoms with Crippen LogP contribution in [0.4, 0.5) is 41.7 Å². The summed E-state index contributed by atoms with van der Waals surface area (Å²) in [6.45, 7) is 6.47. The van der Waals surface area contributed by atoms with Crippen molar-refractivity contribution in [2.24, 2.45) is 0 Å². The van der Waals surface area contributed by atoms with Crippen molar-refractivity contribution in [3.05, 3.63) is 101 Å². The van der Waals surface area contributed by atoms with Gasteiger partial charge in [0.15, 0.2) is 0 Å². The number of methoxy groups -OCH3 is 1. The minimum Gasteiger partial charge on any atom is -0.494 e. The van der Waals surface area contributed by atoms with Crippen molar-refractivity contribution in [3.8, 4) is 5.75 Å². The average molecular weight is 785 g/mol. The smallest absolute Gasteiger partial charge is 0.419 e. The number of hydrogen-bond donors (Lipinski definition) is 4. The highest BCUT2D eigenvalue weighted by Crippen LogP contribution is 2.39. The largest absolute Gasteiger partial charge is 0.494 e. The van der Waals surface area contributed by atoms with Gasteiger partial charge in [0.2, 0.25) is 11.8 Å². The van der Waals surface area contributed by atoms with Crippen LogP contribution in [0.15, 0.2) is 79.0 Å². The zero-order valence-electron chi connectivity index (χ0n) is 32.0. The molecular weight excluding hydrogens is 738 g/mol. The van der Waals surface area contributed by atoms with E-state index in [2.05, 4.69) is 53.1 Å². The number of amides is 3. The molecule has 0 aliphatic carbocycles. The molecule has 57 heavy (non-hydrogen) atoms. The second kappa shape index (κ2) is 17.2. The van der Waals surface area contributed by atoms with Gasteiger partial charge >= 0.3 is 6.18 Å². The van der Waals surface area contributed by atoms with Crippen molar-refractivity contribution < 1.29 is 32.3 Å². The number of anilines is 5. The van der Waals surface area contributed by atoms with Crippen LogP contribution in [0.3, 0.4) is 0 Å². The first-order valence-electron chi connectivity index (χ1n) is 19.2. The number of ether oxygens (including phenoxy) is 1. The molecule has 1 aromatic heterocycles. The summed E-state index contributed by atoms with van der Waals surface area (Å²) in [6, 6.07) is 22.0. The maximum absolute atomic E-state index is 14.0. The molecule has 3 fully saturated rings. The molecule has 1 atom stereocenters. The highest BCUT2D eigenvalue weighted by atomic mass is 19.4. The summed E-state index contributed by atoms with van der Waals surface area (Å²) in [5.74, 6) is -0.443. The normalized spacial score (nSPS) is 18.5. The fourth-order valence-electron chi connectivity index (χ4n) is 7.99. The number of pyridine rings is 1. The molecule has 1 unspecified atom stereocenters. The lowest BCUT2D eigenvalue weighted by atomic mass is 9.89. The molecule has 0 spiro atoms. The molecule has 4 N–H and O–H groups in total. The summed E-state index contributed by atoms with van der Waals surface area (Å²) in [4.78, 5) is 47.9. The Balaban J connectivity index is 0.941. The molecule has 0 bridgehead atoms. The van der Waals surface area contributed by atoms with E-state index in [4.69, 9.17) is 4.74 Å². The van der Waals surface area contributed by atoms with E-state index in [0.717, 1.165) is 76.1 Å². The Morgan fingerprint density at radius 2 is 1.65 bits per heavy atom. The number of imide groups is 1. The predicted molar refractivity (Wildman–Crippen MR) is 212 cm³/mol. The summed E-state index contributed by atoms with van der Waals surface area (Å²) >= 11 is 0. The first-order chi connectivity index (χ1) is 27.5. The maximum Gasteiger partial charge on any atom is 0.419 e. The second-order valence-electron chi connectivity index (χ2n) is 14.7. The lowest BCUT2D eigenvalue weighted by molar-refractivity contribution is -0.137. The van der Waals surface area contributed by atoms with Gasteiger partial charge in [-0.25, -0.2) is 4.98 Å². The Labute approximate surface area is 329 Å². The topological polar surface area (TPSA) is 131 Å². The van der Waals surface area contributed by atoms with Crippen LogP contribution in [0, 0.1) is 0 Å². The van der Waals surface area contributed by atoms with Gasteiger partial charge in [0.1, 0.15) is 11.6 Å². The number of piperazine rings is 1. The van der Waals surface area contributed by atoms with Crippen molar-refractivity contribution >= 4 is 46.3 Å². The first kappa shape index (κ1) is 39.6. The monoisotopic (exact) mass is 784 g/mol. The highest BCUT2D eigenvalue weighted by molar-refractivity contribution is 6.01. The quantitative estimate of drug-likeness (QED) is 0.129. The summed E-state index contributed by atoms with van der Waals surface area (Å²) in [6.07, 6.45) is -0.971. The van der Waals surface area contributed by atoms with E-state index >= 15 is 0 Å². The molecule has 0 radical (unpaired) electrons. The Morgan fingerprint density at radius 1 is 0.877 bits per heavy atom. The van der Waals surface area contributed by atoms with Gasteiger partial charge in [0.05, 0.1) is 41.2 Å². The van der Waals surface area contributed by atoms with Crippen molar-refractivity contribution in [2.45, 2.75) is 50.4 Å². The van der Waals surface area contributed by atoms with Crippen LogP contribution in [-0.4, -0.2) is 92.0 Å². The number of aromatic nitrogens is 1. The average Bonchev–Trinajstić information content (AvgIpc) is 3.21. The van der Waals surface area contributed by atoms with Crippen LogP contribution < -0.4 is 30.9 Å². The highest BCUT2D eigenvalue weighted by Gasteiger charge is 2.35. The summed E-state index contributed by atoms with van der Waals surface area (Å²) in [5, 5.41) is 10.9.